The van der Waals surface area contributed by atoms with Crippen LogP contribution in [0.3, 0.4) is 0 Å². The number of hydrogen-bond acceptors (Lipinski definition) is 4. The minimum Gasteiger partial charge on any atom is -0.489 e. The maximum absolute atomic E-state index is 12.6. The lowest BCUT2D eigenvalue weighted by Crippen LogP contribution is -2.43. The molecule has 1 aliphatic rings. The number of hydrogen-bond donors (Lipinski definition) is 1. The van der Waals surface area contributed by atoms with Crippen LogP contribution in [0.25, 0.3) is 0 Å². The molecule has 1 heterocycles. The van der Waals surface area contributed by atoms with Crippen molar-refractivity contribution < 1.29 is 19.1 Å². The Morgan fingerprint density at radius 2 is 1.79 bits per heavy atom. The molecule has 3 rings (SSSR count). The molecule has 1 unspecified atom stereocenters. The number of nitrogens with one attached hydrogen (secondary N) is 1. The molecule has 1 atom stereocenters. The van der Waals surface area contributed by atoms with Gasteiger partial charge in [0.05, 0.1) is 0 Å². The van der Waals surface area contributed by atoms with Crippen molar-refractivity contribution in [2.75, 3.05) is 11.4 Å². The topological polar surface area (TPSA) is 67.9 Å². The van der Waals surface area contributed by atoms with E-state index in [0.29, 0.717) is 19.6 Å². The van der Waals surface area contributed by atoms with Gasteiger partial charge in [0, 0.05) is 12.2 Å². The standard InChI is InChI=1S/C22H26N2O4/c1-22(2,3)28-21(26)23-19-13-14-24(20(19)25)17-9-11-18(12-10-17)27-15-16-7-5-4-6-8-16/h4-12,19H,13-15H2,1-3H3,(H,23,26). The first-order valence-electron chi connectivity index (χ1n) is 9.39. The van der Waals surface area contributed by atoms with E-state index in [4.69, 9.17) is 9.47 Å². The van der Waals surface area contributed by atoms with E-state index < -0.39 is 17.7 Å². The Morgan fingerprint density at radius 3 is 2.43 bits per heavy atom. The summed E-state index contributed by atoms with van der Waals surface area (Å²) < 4.78 is 11.0. The normalized spacial score (nSPS) is 16.8. The minimum atomic E-state index is -0.596. The predicted octanol–water partition coefficient (Wildman–Crippen LogP) is 3.90. The van der Waals surface area contributed by atoms with Crippen molar-refractivity contribution in [1.82, 2.24) is 5.32 Å². The summed E-state index contributed by atoms with van der Waals surface area (Å²) in [5.41, 5.74) is 1.28. The number of benzene rings is 2. The van der Waals surface area contributed by atoms with Crippen LogP contribution in [-0.4, -0.2) is 30.2 Å². The Balaban J connectivity index is 1.55. The number of carbonyl (C=O) groups is 2. The van der Waals surface area contributed by atoms with Gasteiger partial charge in [-0.15, -0.1) is 0 Å². The second-order valence-electron chi connectivity index (χ2n) is 7.75. The molecule has 2 amide bonds. The molecule has 0 aliphatic carbocycles. The van der Waals surface area contributed by atoms with Crippen LogP contribution in [-0.2, 0) is 16.1 Å². The lowest BCUT2D eigenvalue weighted by atomic mass is 10.2. The Labute approximate surface area is 165 Å². The van der Waals surface area contributed by atoms with Gasteiger partial charge in [0.1, 0.15) is 24.0 Å². The second-order valence-corrected chi connectivity index (χ2v) is 7.75. The molecular weight excluding hydrogens is 356 g/mol. The summed E-state index contributed by atoms with van der Waals surface area (Å²) >= 11 is 0. The Kier molecular flexibility index (Phi) is 5.87. The maximum Gasteiger partial charge on any atom is 0.408 e. The predicted molar refractivity (Wildman–Crippen MR) is 107 cm³/mol. The number of rotatable bonds is 5. The van der Waals surface area contributed by atoms with Crippen LogP contribution in [0.4, 0.5) is 10.5 Å². The van der Waals surface area contributed by atoms with Crippen LogP contribution < -0.4 is 15.0 Å². The Bertz CT molecular complexity index is 813. The fraction of sp³-hybridized carbons (Fsp3) is 0.364. The average Bonchev–Trinajstić information content (AvgIpc) is 3.00. The van der Waals surface area contributed by atoms with Gasteiger partial charge in [0.15, 0.2) is 0 Å². The van der Waals surface area contributed by atoms with Gasteiger partial charge in [-0.2, -0.15) is 0 Å². The van der Waals surface area contributed by atoms with E-state index in [1.54, 1.807) is 25.7 Å². The highest BCUT2D eigenvalue weighted by Crippen LogP contribution is 2.25. The Hall–Kier alpha value is -3.02. The number of anilines is 1. The molecule has 148 valence electrons. The highest BCUT2D eigenvalue weighted by atomic mass is 16.6. The molecular formula is C22H26N2O4. The van der Waals surface area contributed by atoms with E-state index in [-0.39, 0.29) is 5.91 Å². The first kappa shape index (κ1) is 19.7. The van der Waals surface area contributed by atoms with Gasteiger partial charge in [-0.05, 0) is 57.0 Å². The van der Waals surface area contributed by atoms with Gasteiger partial charge in [-0.1, -0.05) is 30.3 Å². The van der Waals surface area contributed by atoms with Gasteiger partial charge in [0.2, 0.25) is 5.91 Å². The summed E-state index contributed by atoms with van der Waals surface area (Å²) in [5, 5.41) is 2.66. The fourth-order valence-corrected chi connectivity index (χ4v) is 2.98. The van der Waals surface area contributed by atoms with Crippen molar-refractivity contribution >= 4 is 17.7 Å². The highest BCUT2D eigenvalue weighted by Gasteiger charge is 2.34. The SMILES string of the molecule is CC(C)(C)OC(=O)NC1CCN(c2ccc(OCc3ccccc3)cc2)C1=O. The van der Waals surface area contributed by atoms with Crippen molar-refractivity contribution in [1.29, 1.82) is 0 Å². The van der Waals surface area contributed by atoms with Crippen molar-refractivity contribution in [3.05, 3.63) is 60.2 Å². The molecule has 0 saturated carbocycles. The number of amides is 2. The van der Waals surface area contributed by atoms with Crippen molar-refractivity contribution in [3.8, 4) is 5.75 Å². The zero-order chi connectivity index (χ0) is 20.1. The number of alkyl carbamates (subject to hydrolysis) is 1. The fourth-order valence-electron chi connectivity index (χ4n) is 2.98. The molecule has 1 N–H and O–H groups in total. The van der Waals surface area contributed by atoms with Crippen LogP contribution >= 0.6 is 0 Å². The van der Waals surface area contributed by atoms with Crippen LogP contribution in [0, 0.1) is 0 Å². The first-order valence-corrected chi connectivity index (χ1v) is 9.39. The van der Waals surface area contributed by atoms with E-state index in [9.17, 15) is 9.59 Å². The summed E-state index contributed by atoms with van der Waals surface area (Å²) in [6.45, 7) is 6.40. The average molecular weight is 382 g/mol. The molecule has 28 heavy (non-hydrogen) atoms. The molecule has 0 aromatic heterocycles. The molecule has 1 fully saturated rings. The van der Waals surface area contributed by atoms with Gasteiger partial charge in [-0.3, -0.25) is 4.79 Å². The molecule has 0 radical (unpaired) electrons. The van der Waals surface area contributed by atoms with Crippen molar-refractivity contribution in [2.24, 2.45) is 0 Å². The molecule has 0 bridgehead atoms. The van der Waals surface area contributed by atoms with Gasteiger partial charge in [0.25, 0.3) is 0 Å². The van der Waals surface area contributed by atoms with Crippen LogP contribution in [0.2, 0.25) is 0 Å². The maximum atomic E-state index is 12.6. The minimum absolute atomic E-state index is 0.135. The molecule has 1 saturated heterocycles. The number of carbonyl (C=O) groups excluding carboxylic acids is 2. The molecule has 6 heteroatoms. The lowest BCUT2D eigenvalue weighted by molar-refractivity contribution is -0.118. The second kappa shape index (κ2) is 8.33. The third-order valence-electron chi connectivity index (χ3n) is 4.29. The zero-order valence-electron chi connectivity index (χ0n) is 16.5. The van der Waals surface area contributed by atoms with Gasteiger partial charge in [-0.25, -0.2) is 4.79 Å². The largest absolute Gasteiger partial charge is 0.489 e. The van der Waals surface area contributed by atoms with E-state index in [0.717, 1.165) is 17.0 Å². The quantitative estimate of drug-likeness (QED) is 0.852. The Morgan fingerprint density at radius 1 is 1.11 bits per heavy atom. The van der Waals surface area contributed by atoms with E-state index in [2.05, 4.69) is 5.32 Å². The smallest absolute Gasteiger partial charge is 0.408 e. The summed E-state index contributed by atoms with van der Waals surface area (Å²) in [6.07, 6.45) is -0.0259. The zero-order valence-corrected chi connectivity index (χ0v) is 16.5. The molecule has 1 aliphatic heterocycles. The summed E-state index contributed by atoms with van der Waals surface area (Å²) in [5.74, 6) is 0.603. The molecule has 0 spiro atoms. The third-order valence-corrected chi connectivity index (χ3v) is 4.29. The number of ether oxygens (including phenoxy) is 2. The van der Waals surface area contributed by atoms with Crippen LogP contribution in [0.1, 0.15) is 32.8 Å². The summed E-state index contributed by atoms with van der Waals surface area (Å²) in [4.78, 5) is 26.2. The summed E-state index contributed by atoms with van der Waals surface area (Å²) in [7, 11) is 0. The lowest BCUT2D eigenvalue weighted by Gasteiger charge is -2.21. The van der Waals surface area contributed by atoms with Crippen molar-refractivity contribution in [3.63, 3.8) is 0 Å². The van der Waals surface area contributed by atoms with Crippen LogP contribution in [0.15, 0.2) is 54.6 Å². The monoisotopic (exact) mass is 382 g/mol. The van der Waals surface area contributed by atoms with Crippen molar-refractivity contribution in [2.45, 2.75) is 45.4 Å². The van der Waals surface area contributed by atoms with E-state index >= 15 is 0 Å². The highest BCUT2D eigenvalue weighted by molar-refractivity contribution is 6.00. The first-order chi connectivity index (χ1) is 13.3. The third kappa shape index (κ3) is 5.25. The molecule has 6 nitrogen and oxygen atoms in total. The van der Waals surface area contributed by atoms with E-state index in [1.807, 2.05) is 54.6 Å². The molecule has 2 aromatic carbocycles. The van der Waals surface area contributed by atoms with Gasteiger partial charge >= 0.3 is 6.09 Å². The number of nitrogens with zero attached hydrogens (tertiary/aromatic N) is 1. The van der Waals surface area contributed by atoms with E-state index in [1.165, 1.54) is 0 Å². The summed E-state index contributed by atoms with van der Waals surface area (Å²) in [6, 6.07) is 16.8. The van der Waals surface area contributed by atoms with Crippen LogP contribution in [0.5, 0.6) is 5.75 Å². The van der Waals surface area contributed by atoms with Gasteiger partial charge < -0.3 is 19.7 Å². The molecule has 2 aromatic rings.